The van der Waals surface area contributed by atoms with Gasteiger partial charge in [-0.2, -0.15) is 4.98 Å². The van der Waals surface area contributed by atoms with E-state index in [4.69, 9.17) is 0 Å². The second-order valence-electron chi connectivity index (χ2n) is 7.27. The van der Waals surface area contributed by atoms with Gasteiger partial charge in [-0.3, -0.25) is 9.69 Å². The number of H-pyrrole nitrogens is 1. The van der Waals surface area contributed by atoms with Crippen molar-refractivity contribution in [3.8, 4) is 11.3 Å². The highest BCUT2D eigenvalue weighted by Gasteiger charge is 2.31. The molecule has 0 radical (unpaired) electrons. The molecule has 7 nitrogen and oxygen atoms in total. The van der Waals surface area contributed by atoms with Crippen LogP contribution in [0.4, 0.5) is 16.0 Å². The molecule has 0 atom stereocenters. The Hall–Kier alpha value is -3.81. The molecule has 4 aromatic rings. The first-order valence-electron chi connectivity index (χ1n) is 9.75. The number of nitrogens with one attached hydrogen (secondary N) is 2. The summed E-state index contributed by atoms with van der Waals surface area (Å²) in [7, 11) is 0. The highest BCUT2D eigenvalue weighted by Crippen LogP contribution is 2.32. The van der Waals surface area contributed by atoms with Gasteiger partial charge in [0.15, 0.2) is 5.65 Å². The van der Waals surface area contributed by atoms with E-state index in [1.54, 1.807) is 23.4 Å². The van der Waals surface area contributed by atoms with Crippen LogP contribution in [0.5, 0.6) is 0 Å². The summed E-state index contributed by atoms with van der Waals surface area (Å²) >= 11 is 0. The van der Waals surface area contributed by atoms with Crippen molar-refractivity contribution in [2.45, 2.75) is 25.4 Å². The third kappa shape index (κ3) is 3.59. The van der Waals surface area contributed by atoms with E-state index >= 15 is 0 Å². The van der Waals surface area contributed by atoms with Gasteiger partial charge in [0.05, 0.1) is 6.33 Å². The zero-order valence-electron chi connectivity index (χ0n) is 16.0. The van der Waals surface area contributed by atoms with E-state index in [-0.39, 0.29) is 11.9 Å². The Kier molecular flexibility index (Phi) is 4.59. The van der Waals surface area contributed by atoms with Crippen molar-refractivity contribution >= 4 is 29.2 Å². The van der Waals surface area contributed by atoms with Crippen LogP contribution in [0.1, 0.15) is 18.4 Å². The fraction of sp³-hybridized carbons (Fsp3) is 0.182. The minimum Gasteiger partial charge on any atom is -0.381 e. The highest BCUT2D eigenvalue weighted by atomic mass is 19.1. The molecular formula is C22H19FN6O. The van der Waals surface area contributed by atoms with E-state index in [1.165, 1.54) is 12.1 Å². The second kappa shape index (κ2) is 7.55. The summed E-state index contributed by atoms with van der Waals surface area (Å²) in [4.78, 5) is 29.6. The lowest BCUT2D eigenvalue weighted by Gasteiger charge is -2.15. The van der Waals surface area contributed by atoms with Crippen LogP contribution >= 0.6 is 0 Å². The van der Waals surface area contributed by atoms with Crippen molar-refractivity contribution in [2.24, 2.45) is 0 Å². The topological polar surface area (TPSA) is 86.8 Å². The fourth-order valence-electron chi connectivity index (χ4n) is 3.35. The molecule has 0 saturated heterocycles. The fourth-order valence-corrected chi connectivity index (χ4v) is 3.35. The van der Waals surface area contributed by atoms with Crippen LogP contribution in [0.3, 0.4) is 0 Å². The number of imidazole rings is 1. The molecule has 8 heteroatoms. The maximum Gasteiger partial charge on any atom is 0.234 e. The van der Waals surface area contributed by atoms with Gasteiger partial charge in [0, 0.05) is 23.8 Å². The first-order valence-corrected chi connectivity index (χ1v) is 9.75. The van der Waals surface area contributed by atoms with E-state index in [9.17, 15) is 9.18 Å². The number of fused-ring (bicyclic) bond motifs is 1. The zero-order valence-corrected chi connectivity index (χ0v) is 16.0. The van der Waals surface area contributed by atoms with Gasteiger partial charge in [-0.1, -0.05) is 24.3 Å². The molecular weight excluding hydrogens is 383 g/mol. The second-order valence-corrected chi connectivity index (χ2v) is 7.27. The maximum atomic E-state index is 13.0. The monoisotopic (exact) mass is 402 g/mol. The highest BCUT2D eigenvalue weighted by molar-refractivity contribution is 5.89. The van der Waals surface area contributed by atoms with Crippen LogP contribution in [0, 0.1) is 5.82 Å². The summed E-state index contributed by atoms with van der Waals surface area (Å²) in [6.07, 6.45) is 4.30. The predicted molar refractivity (Wildman–Crippen MR) is 112 cm³/mol. The van der Waals surface area contributed by atoms with Crippen LogP contribution in [-0.4, -0.2) is 32.4 Å². The van der Waals surface area contributed by atoms with Crippen molar-refractivity contribution in [1.82, 2.24) is 19.9 Å². The summed E-state index contributed by atoms with van der Waals surface area (Å²) in [5.74, 6) is 0.123. The average molecular weight is 402 g/mol. The molecule has 2 aromatic carbocycles. The number of hydrogen-bond donors (Lipinski definition) is 2. The third-order valence-corrected chi connectivity index (χ3v) is 5.13. The number of carbonyl (C=O) groups excluding carboxylic acids is 1. The maximum absolute atomic E-state index is 13.0. The van der Waals surface area contributed by atoms with Crippen LogP contribution in [0.2, 0.25) is 0 Å². The molecule has 30 heavy (non-hydrogen) atoms. The molecule has 2 heterocycles. The lowest BCUT2D eigenvalue weighted by atomic mass is 10.1. The number of halogens is 1. The van der Waals surface area contributed by atoms with Crippen molar-refractivity contribution in [1.29, 1.82) is 0 Å². The molecule has 1 fully saturated rings. The molecule has 0 spiro atoms. The Labute approximate surface area is 172 Å². The number of hydrogen-bond acceptors (Lipinski definition) is 5. The van der Waals surface area contributed by atoms with Crippen LogP contribution in [0.25, 0.3) is 22.4 Å². The zero-order chi connectivity index (χ0) is 20.5. The molecule has 0 unspecified atom stereocenters. The quantitative estimate of drug-likeness (QED) is 0.458. The first-order chi connectivity index (χ1) is 14.7. The van der Waals surface area contributed by atoms with Crippen molar-refractivity contribution in [2.75, 3.05) is 10.2 Å². The molecule has 2 N–H and O–H groups in total. The standard InChI is InChI=1S/C22H19FN6O/c23-16-5-7-17(8-6-16)24-11-14-1-3-15(4-2-14)19-20-21(26-12-25-20)28-22(27-19)29(13-30)18-9-10-18/h1-8,12-13,18,24H,9-11H2,(H,25,26,27,28). The molecule has 0 bridgehead atoms. The van der Waals surface area contributed by atoms with E-state index in [2.05, 4.69) is 25.3 Å². The lowest BCUT2D eigenvalue weighted by molar-refractivity contribution is -0.107. The van der Waals surface area contributed by atoms with Gasteiger partial charge in [-0.15, -0.1) is 0 Å². The molecule has 1 amide bonds. The third-order valence-electron chi connectivity index (χ3n) is 5.13. The predicted octanol–water partition coefficient (Wildman–Crippen LogP) is 3.90. The summed E-state index contributed by atoms with van der Waals surface area (Å²) in [5.41, 5.74) is 4.81. The van der Waals surface area contributed by atoms with Crippen LogP contribution < -0.4 is 10.2 Å². The number of nitrogens with zero attached hydrogens (tertiary/aromatic N) is 4. The Morgan fingerprint density at radius 1 is 1.10 bits per heavy atom. The van der Waals surface area contributed by atoms with Gasteiger partial charge in [0.25, 0.3) is 0 Å². The van der Waals surface area contributed by atoms with Crippen LogP contribution in [0.15, 0.2) is 54.9 Å². The number of aromatic nitrogens is 4. The van der Waals surface area contributed by atoms with Gasteiger partial charge >= 0.3 is 0 Å². The number of rotatable bonds is 7. The van der Waals surface area contributed by atoms with Gasteiger partial charge in [0.1, 0.15) is 17.0 Å². The van der Waals surface area contributed by atoms with Crippen LogP contribution in [-0.2, 0) is 11.3 Å². The van der Waals surface area contributed by atoms with Crippen molar-refractivity contribution < 1.29 is 9.18 Å². The van der Waals surface area contributed by atoms with E-state index in [1.807, 2.05) is 24.3 Å². The van der Waals surface area contributed by atoms with Gasteiger partial charge in [-0.05, 0) is 42.7 Å². The molecule has 1 saturated carbocycles. The summed E-state index contributed by atoms with van der Waals surface area (Å²) in [6, 6.07) is 14.4. The van der Waals surface area contributed by atoms with Gasteiger partial charge < -0.3 is 10.3 Å². The van der Waals surface area contributed by atoms with Gasteiger partial charge in [0.2, 0.25) is 12.4 Å². The Bertz CT molecular complexity index is 1180. The van der Waals surface area contributed by atoms with E-state index in [0.717, 1.165) is 41.6 Å². The Balaban J connectivity index is 1.41. The molecule has 0 aliphatic heterocycles. The number of benzene rings is 2. The van der Waals surface area contributed by atoms with Crippen molar-refractivity contribution in [3.63, 3.8) is 0 Å². The number of aromatic amines is 1. The number of anilines is 2. The van der Waals surface area contributed by atoms with E-state index in [0.29, 0.717) is 23.8 Å². The molecule has 150 valence electrons. The number of amides is 1. The smallest absolute Gasteiger partial charge is 0.234 e. The lowest BCUT2D eigenvalue weighted by Crippen LogP contribution is -2.25. The molecule has 1 aliphatic rings. The molecule has 1 aliphatic carbocycles. The van der Waals surface area contributed by atoms with E-state index < -0.39 is 0 Å². The normalized spacial score (nSPS) is 13.4. The Morgan fingerprint density at radius 3 is 2.57 bits per heavy atom. The number of carbonyl (C=O) groups is 1. The molecule has 2 aromatic heterocycles. The largest absolute Gasteiger partial charge is 0.381 e. The minimum atomic E-state index is -0.255. The summed E-state index contributed by atoms with van der Waals surface area (Å²) < 4.78 is 13.0. The van der Waals surface area contributed by atoms with Crippen molar-refractivity contribution in [3.05, 3.63) is 66.2 Å². The van der Waals surface area contributed by atoms with Gasteiger partial charge in [-0.25, -0.2) is 14.4 Å². The first kappa shape index (κ1) is 18.2. The average Bonchev–Trinajstić information content (AvgIpc) is 3.49. The Morgan fingerprint density at radius 2 is 1.87 bits per heavy atom. The summed E-state index contributed by atoms with van der Waals surface area (Å²) in [5, 5.41) is 3.27. The SMILES string of the molecule is O=CN(c1nc(-c2ccc(CNc3ccc(F)cc3)cc2)c2[nH]cnc2n1)C1CC1. The molecule has 5 rings (SSSR count). The summed E-state index contributed by atoms with van der Waals surface area (Å²) in [6.45, 7) is 0.612. The minimum absolute atomic E-state index is 0.173.